The molecular formula is C10H17N3. The average Bonchev–Trinajstić information content (AvgIpc) is 2.81. The third-order valence-corrected chi connectivity index (χ3v) is 2.76. The monoisotopic (exact) mass is 179 g/mol. The van der Waals surface area contributed by atoms with Gasteiger partial charge in [-0.2, -0.15) is 0 Å². The van der Waals surface area contributed by atoms with Crippen molar-refractivity contribution in [2.24, 2.45) is 5.92 Å². The summed E-state index contributed by atoms with van der Waals surface area (Å²) in [5.41, 5.74) is 0. The minimum atomic E-state index is 0.413. The molecule has 1 aliphatic carbocycles. The molecule has 2 rings (SSSR count). The summed E-state index contributed by atoms with van der Waals surface area (Å²) < 4.78 is 0. The average molecular weight is 179 g/mol. The Balaban J connectivity index is 1.85. The number of nitrogens with one attached hydrogen (secondary N) is 2. The molecule has 3 nitrogen and oxygen atoms in total. The van der Waals surface area contributed by atoms with Gasteiger partial charge >= 0.3 is 0 Å². The largest absolute Gasteiger partial charge is 0.347 e. The van der Waals surface area contributed by atoms with Crippen LogP contribution >= 0.6 is 0 Å². The molecule has 2 N–H and O–H groups in total. The van der Waals surface area contributed by atoms with Crippen molar-refractivity contribution >= 4 is 0 Å². The molecule has 0 aliphatic heterocycles. The fourth-order valence-electron chi connectivity index (χ4n) is 1.69. The SMILES string of the molecule is CNC(CCC1CC1)c1ncc[nH]1. The van der Waals surface area contributed by atoms with E-state index in [0.29, 0.717) is 6.04 Å². The Kier molecular flexibility index (Phi) is 2.64. The molecule has 3 heteroatoms. The molecule has 1 atom stereocenters. The Morgan fingerprint density at radius 3 is 3.08 bits per heavy atom. The molecule has 0 bridgehead atoms. The maximum absolute atomic E-state index is 4.27. The molecule has 1 fully saturated rings. The van der Waals surface area contributed by atoms with E-state index < -0.39 is 0 Å². The molecule has 0 aromatic carbocycles. The summed E-state index contributed by atoms with van der Waals surface area (Å²) in [6.07, 6.45) is 9.12. The van der Waals surface area contributed by atoms with Crippen molar-refractivity contribution in [3.05, 3.63) is 18.2 Å². The summed E-state index contributed by atoms with van der Waals surface area (Å²) in [5, 5.41) is 3.29. The molecule has 0 radical (unpaired) electrons. The highest BCUT2D eigenvalue weighted by Gasteiger charge is 2.23. The van der Waals surface area contributed by atoms with Crippen LogP contribution in [0.3, 0.4) is 0 Å². The van der Waals surface area contributed by atoms with Crippen LogP contribution in [0, 0.1) is 5.92 Å². The van der Waals surface area contributed by atoms with Crippen LogP contribution in [0.2, 0.25) is 0 Å². The Hall–Kier alpha value is -0.830. The summed E-state index contributed by atoms with van der Waals surface area (Å²) in [6.45, 7) is 0. The van der Waals surface area contributed by atoms with Crippen molar-refractivity contribution in [2.75, 3.05) is 7.05 Å². The van der Waals surface area contributed by atoms with Crippen LogP contribution in [0.15, 0.2) is 12.4 Å². The number of rotatable bonds is 5. The molecule has 1 heterocycles. The summed E-state index contributed by atoms with van der Waals surface area (Å²) >= 11 is 0. The van der Waals surface area contributed by atoms with Crippen LogP contribution in [-0.4, -0.2) is 17.0 Å². The lowest BCUT2D eigenvalue weighted by molar-refractivity contribution is 0.488. The van der Waals surface area contributed by atoms with Crippen molar-refractivity contribution in [1.82, 2.24) is 15.3 Å². The molecule has 0 amide bonds. The molecule has 72 valence electrons. The maximum atomic E-state index is 4.27. The van der Waals surface area contributed by atoms with Gasteiger partial charge in [-0.1, -0.05) is 12.8 Å². The summed E-state index contributed by atoms with van der Waals surface area (Å²) in [5.74, 6) is 2.08. The third kappa shape index (κ3) is 2.31. The zero-order chi connectivity index (χ0) is 9.10. The van der Waals surface area contributed by atoms with Crippen LogP contribution in [0.1, 0.15) is 37.5 Å². The summed E-state index contributed by atoms with van der Waals surface area (Å²) in [6, 6.07) is 0.413. The van der Waals surface area contributed by atoms with Gasteiger partial charge in [0.05, 0.1) is 6.04 Å². The number of hydrogen-bond donors (Lipinski definition) is 2. The van der Waals surface area contributed by atoms with E-state index in [9.17, 15) is 0 Å². The molecule has 1 aromatic rings. The minimum absolute atomic E-state index is 0.413. The lowest BCUT2D eigenvalue weighted by Crippen LogP contribution is -2.17. The maximum Gasteiger partial charge on any atom is 0.123 e. The Morgan fingerprint density at radius 1 is 1.69 bits per heavy atom. The van der Waals surface area contributed by atoms with E-state index in [4.69, 9.17) is 0 Å². The topological polar surface area (TPSA) is 40.7 Å². The van der Waals surface area contributed by atoms with E-state index in [2.05, 4.69) is 15.3 Å². The first-order valence-electron chi connectivity index (χ1n) is 5.06. The smallest absolute Gasteiger partial charge is 0.123 e. The molecular weight excluding hydrogens is 162 g/mol. The Bertz CT molecular complexity index is 239. The van der Waals surface area contributed by atoms with E-state index in [1.54, 1.807) is 0 Å². The number of aromatic nitrogens is 2. The van der Waals surface area contributed by atoms with Gasteiger partial charge in [0.2, 0.25) is 0 Å². The van der Waals surface area contributed by atoms with Gasteiger partial charge in [0, 0.05) is 12.4 Å². The predicted octanol–water partition coefficient (Wildman–Crippen LogP) is 1.86. The van der Waals surface area contributed by atoms with Gasteiger partial charge in [-0.3, -0.25) is 0 Å². The molecule has 0 spiro atoms. The fourth-order valence-corrected chi connectivity index (χ4v) is 1.69. The lowest BCUT2D eigenvalue weighted by Gasteiger charge is -2.12. The minimum Gasteiger partial charge on any atom is -0.347 e. The highest BCUT2D eigenvalue weighted by Crippen LogP contribution is 2.35. The number of imidazole rings is 1. The van der Waals surface area contributed by atoms with Crippen LogP contribution < -0.4 is 5.32 Å². The van der Waals surface area contributed by atoms with Gasteiger partial charge in [0.15, 0.2) is 0 Å². The Morgan fingerprint density at radius 2 is 2.54 bits per heavy atom. The first kappa shape index (κ1) is 8.75. The first-order chi connectivity index (χ1) is 6.40. The Labute approximate surface area is 79.0 Å². The van der Waals surface area contributed by atoms with Gasteiger partial charge in [0.1, 0.15) is 5.82 Å². The quantitative estimate of drug-likeness (QED) is 0.724. The molecule has 1 saturated carbocycles. The highest BCUT2D eigenvalue weighted by molar-refractivity contribution is 4.95. The lowest BCUT2D eigenvalue weighted by atomic mass is 10.1. The second kappa shape index (κ2) is 3.92. The molecule has 1 unspecified atom stereocenters. The van der Waals surface area contributed by atoms with Gasteiger partial charge in [-0.05, 0) is 25.8 Å². The van der Waals surface area contributed by atoms with E-state index in [1.165, 1.54) is 25.7 Å². The summed E-state index contributed by atoms with van der Waals surface area (Å²) in [7, 11) is 2.00. The fraction of sp³-hybridized carbons (Fsp3) is 0.700. The highest BCUT2D eigenvalue weighted by atomic mass is 15.0. The molecule has 0 saturated heterocycles. The standard InChI is InChI=1S/C10H17N3/c1-11-9(5-4-8-2-3-8)10-12-6-7-13-10/h6-9,11H,2-5H2,1H3,(H,12,13). The van der Waals surface area contributed by atoms with Crippen LogP contribution in [0.5, 0.6) is 0 Å². The number of aromatic amines is 1. The van der Waals surface area contributed by atoms with Gasteiger partial charge in [-0.15, -0.1) is 0 Å². The number of H-pyrrole nitrogens is 1. The number of hydrogen-bond acceptors (Lipinski definition) is 2. The van der Waals surface area contributed by atoms with E-state index >= 15 is 0 Å². The first-order valence-corrected chi connectivity index (χ1v) is 5.06. The summed E-state index contributed by atoms with van der Waals surface area (Å²) in [4.78, 5) is 7.43. The van der Waals surface area contributed by atoms with Gasteiger partial charge < -0.3 is 10.3 Å². The van der Waals surface area contributed by atoms with E-state index in [-0.39, 0.29) is 0 Å². The van der Waals surface area contributed by atoms with Crippen LogP contribution in [-0.2, 0) is 0 Å². The zero-order valence-corrected chi connectivity index (χ0v) is 8.09. The van der Waals surface area contributed by atoms with Gasteiger partial charge in [-0.25, -0.2) is 4.98 Å². The van der Waals surface area contributed by atoms with E-state index in [0.717, 1.165) is 11.7 Å². The van der Waals surface area contributed by atoms with Crippen molar-refractivity contribution in [3.8, 4) is 0 Å². The zero-order valence-electron chi connectivity index (χ0n) is 8.09. The molecule has 1 aromatic heterocycles. The van der Waals surface area contributed by atoms with Crippen molar-refractivity contribution < 1.29 is 0 Å². The van der Waals surface area contributed by atoms with Crippen LogP contribution in [0.25, 0.3) is 0 Å². The normalized spacial score (nSPS) is 18.8. The van der Waals surface area contributed by atoms with E-state index in [1.807, 2.05) is 19.4 Å². The molecule has 13 heavy (non-hydrogen) atoms. The van der Waals surface area contributed by atoms with Crippen molar-refractivity contribution in [3.63, 3.8) is 0 Å². The van der Waals surface area contributed by atoms with Crippen molar-refractivity contribution in [1.29, 1.82) is 0 Å². The van der Waals surface area contributed by atoms with Gasteiger partial charge in [0.25, 0.3) is 0 Å². The predicted molar refractivity (Wildman–Crippen MR) is 52.3 cm³/mol. The second-order valence-corrected chi connectivity index (χ2v) is 3.84. The van der Waals surface area contributed by atoms with Crippen LogP contribution in [0.4, 0.5) is 0 Å². The van der Waals surface area contributed by atoms with Crippen molar-refractivity contribution in [2.45, 2.75) is 31.7 Å². The second-order valence-electron chi connectivity index (χ2n) is 3.84. The number of nitrogens with zero attached hydrogens (tertiary/aromatic N) is 1. The molecule has 1 aliphatic rings. The third-order valence-electron chi connectivity index (χ3n) is 2.76.